The molecule has 2 aliphatic heterocycles. The number of benzene rings is 2. The van der Waals surface area contributed by atoms with Crippen molar-refractivity contribution in [3.8, 4) is 0 Å². The van der Waals surface area contributed by atoms with E-state index < -0.39 is 23.7 Å². The molecule has 0 aliphatic carbocycles. The number of primary amides is 1. The second-order valence-corrected chi connectivity index (χ2v) is 7.06. The molecule has 0 bridgehead atoms. The van der Waals surface area contributed by atoms with Crippen molar-refractivity contribution < 1.29 is 18.7 Å². The van der Waals surface area contributed by atoms with E-state index in [4.69, 9.17) is 10.5 Å². The van der Waals surface area contributed by atoms with Crippen molar-refractivity contribution in [1.82, 2.24) is 0 Å². The van der Waals surface area contributed by atoms with E-state index in [9.17, 15) is 14.0 Å². The summed E-state index contributed by atoms with van der Waals surface area (Å²) in [6.07, 6.45) is 0.0677. The van der Waals surface area contributed by atoms with Gasteiger partial charge in [-0.1, -0.05) is 12.1 Å². The quantitative estimate of drug-likeness (QED) is 0.780. The number of para-hydroxylation sites is 2. The molecule has 2 aliphatic rings. The van der Waals surface area contributed by atoms with E-state index in [-0.39, 0.29) is 12.1 Å². The minimum Gasteiger partial charge on any atom is -0.378 e. The Hall–Kier alpha value is -3.46. The van der Waals surface area contributed by atoms with Gasteiger partial charge in [0.2, 0.25) is 5.91 Å². The lowest BCUT2D eigenvalue weighted by atomic mass is 10.1. The zero-order chi connectivity index (χ0) is 21.1. The first-order valence-corrected chi connectivity index (χ1v) is 9.67. The summed E-state index contributed by atoms with van der Waals surface area (Å²) in [4.78, 5) is 27.0. The molecular formula is C21H22FN5O3. The molecule has 9 heteroatoms. The molecule has 1 fully saturated rings. The van der Waals surface area contributed by atoms with Crippen LogP contribution in [0.25, 0.3) is 0 Å². The average molecular weight is 411 g/mol. The molecule has 2 heterocycles. The molecule has 0 saturated carbocycles. The van der Waals surface area contributed by atoms with Gasteiger partial charge in [-0.05, 0) is 36.4 Å². The van der Waals surface area contributed by atoms with Crippen LogP contribution >= 0.6 is 0 Å². The summed E-state index contributed by atoms with van der Waals surface area (Å²) in [7, 11) is 0. The highest BCUT2D eigenvalue weighted by molar-refractivity contribution is 6.44. The second-order valence-electron chi connectivity index (χ2n) is 7.06. The molecule has 2 aromatic rings. The number of nitrogens with two attached hydrogens (primary N) is 1. The van der Waals surface area contributed by atoms with E-state index in [0.717, 1.165) is 18.8 Å². The number of hydrogen-bond acceptors (Lipinski definition) is 6. The molecule has 0 aromatic heterocycles. The van der Waals surface area contributed by atoms with Gasteiger partial charge in [-0.15, -0.1) is 0 Å². The van der Waals surface area contributed by atoms with Crippen molar-refractivity contribution in [2.45, 2.75) is 12.5 Å². The van der Waals surface area contributed by atoms with Gasteiger partial charge < -0.3 is 20.7 Å². The fourth-order valence-corrected chi connectivity index (χ4v) is 3.55. The van der Waals surface area contributed by atoms with Crippen LogP contribution in [0.1, 0.15) is 6.42 Å². The van der Waals surface area contributed by atoms with Crippen LogP contribution in [0.15, 0.2) is 53.6 Å². The summed E-state index contributed by atoms with van der Waals surface area (Å²) in [6, 6.07) is 12.2. The number of ether oxygens (including phenoxy) is 1. The number of nitrogens with zero attached hydrogens (tertiary/aromatic N) is 3. The minimum absolute atomic E-state index is 0.0677. The lowest BCUT2D eigenvalue weighted by Gasteiger charge is -2.30. The van der Waals surface area contributed by atoms with Crippen LogP contribution in [0.4, 0.5) is 21.5 Å². The summed E-state index contributed by atoms with van der Waals surface area (Å²) in [6.45, 7) is 2.72. The topological polar surface area (TPSA) is 100 Å². The number of hydrazone groups is 1. The lowest BCUT2D eigenvalue weighted by molar-refractivity contribution is -0.119. The van der Waals surface area contributed by atoms with Gasteiger partial charge >= 0.3 is 0 Å². The Balaban J connectivity index is 1.55. The lowest BCUT2D eigenvalue weighted by Crippen LogP contribution is -2.39. The Morgan fingerprint density at radius 2 is 1.80 bits per heavy atom. The molecular weight excluding hydrogens is 389 g/mol. The molecule has 1 saturated heterocycles. The maximum absolute atomic E-state index is 13.2. The third kappa shape index (κ3) is 4.11. The van der Waals surface area contributed by atoms with Crippen LogP contribution in [0.2, 0.25) is 0 Å². The van der Waals surface area contributed by atoms with Crippen LogP contribution in [0, 0.1) is 5.82 Å². The molecule has 30 heavy (non-hydrogen) atoms. The number of anilines is 3. The molecule has 2 aromatic carbocycles. The Kier molecular flexibility index (Phi) is 5.62. The fourth-order valence-electron chi connectivity index (χ4n) is 3.55. The molecule has 1 atom stereocenters. The number of amides is 2. The number of hydrogen-bond donors (Lipinski definition) is 2. The molecule has 0 radical (unpaired) electrons. The standard InChI is InChI=1S/C21H22FN5O3/c22-14-5-7-15(8-6-14)27-19(20(23)28)13-17(25-27)21(29)24-16-3-1-2-4-18(16)26-9-11-30-12-10-26/h1-8,19H,9-13H2,(H2,23,28)(H,24,29). The van der Waals surface area contributed by atoms with Gasteiger partial charge in [-0.25, -0.2) is 4.39 Å². The van der Waals surface area contributed by atoms with Crippen molar-refractivity contribution in [1.29, 1.82) is 0 Å². The Morgan fingerprint density at radius 3 is 2.50 bits per heavy atom. The molecule has 4 rings (SSSR count). The Morgan fingerprint density at radius 1 is 1.10 bits per heavy atom. The van der Waals surface area contributed by atoms with Gasteiger partial charge in [0.1, 0.15) is 17.6 Å². The number of halogens is 1. The van der Waals surface area contributed by atoms with E-state index in [1.165, 1.54) is 29.3 Å². The van der Waals surface area contributed by atoms with E-state index in [1.807, 2.05) is 24.3 Å². The Bertz CT molecular complexity index is 973. The fraction of sp³-hybridized carbons (Fsp3) is 0.286. The molecule has 156 valence electrons. The number of carbonyl (C=O) groups is 2. The van der Waals surface area contributed by atoms with Crippen molar-refractivity contribution in [3.63, 3.8) is 0 Å². The zero-order valence-electron chi connectivity index (χ0n) is 16.3. The van der Waals surface area contributed by atoms with Gasteiger partial charge in [0, 0.05) is 19.5 Å². The van der Waals surface area contributed by atoms with E-state index in [1.54, 1.807) is 0 Å². The van der Waals surface area contributed by atoms with E-state index in [2.05, 4.69) is 15.3 Å². The van der Waals surface area contributed by atoms with Crippen molar-refractivity contribution >= 4 is 34.6 Å². The largest absolute Gasteiger partial charge is 0.378 e. The minimum atomic E-state index is -0.814. The van der Waals surface area contributed by atoms with Gasteiger partial charge in [0.15, 0.2) is 0 Å². The first kappa shape index (κ1) is 19.8. The van der Waals surface area contributed by atoms with E-state index >= 15 is 0 Å². The molecule has 3 N–H and O–H groups in total. The summed E-state index contributed by atoms with van der Waals surface area (Å²) < 4.78 is 18.6. The predicted molar refractivity (Wildman–Crippen MR) is 112 cm³/mol. The zero-order valence-corrected chi connectivity index (χ0v) is 16.3. The monoisotopic (exact) mass is 411 g/mol. The van der Waals surface area contributed by atoms with Crippen LogP contribution < -0.4 is 21.0 Å². The predicted octanol–water partition coefficient (Wildman–Crippen LogP) is 1.72. The summed E-state index contributed by atoms with van der Waals surface area (Å²) in [5.74, 6) is -1.43. The van der Waals surface area contributed by atoms with Gasteiger partial charge in [0.25, 0.3) is 5.91 Å². The number of nitrogens with one attached hydrogen (secondary N) is 1. The highest BCUT2D eigenvalue weighted by Gasteiger charge is 2.35. The summed E-state index contributed by atoms with van der Waals surface area (Å²) in [5, 5.41) is 8.58. The Labute approximate surface area is 173 Å². The van der Waals surface area contributed by atoms with Crippen molar-refractivity contribution in [2.75, 3.05) is 41.5 Å². The highest BCUT2D eigenvalue weighted by Crippen LogP contribution is 2.28. The summed E-state index contributed by atoms with van der Waals surface area (Å²) in [5.41, 5.74) is 7.73. The first-order valence-electron chi connectivity index (χ1n) is 9.67. The second kappa shape index (κ2) is 8.50. The first-order chi connectivity index (χ1) is 14.5. The number of carbonyl (C=O) groups excluding carboxylic acids is 2. The number of rotatable bonds is 5. The third-order valence-corrected chi connectivity index (χ3v) is 5.10. The van der Waals surface area contributed by atoms with Gasteiger partial charge in [0.05, 0.1) is 30.3 Å². The van der Waals surface area contributed by atoms with Gasteiger partial charge in [-0.2, -0.15) is 5.10 Å². The van der Waals surface area contributed by atoms with Crippen molar-refractivity contribution in [3.05, 3.63) is 54.3 Å². The molecule has 8 nitrogen and oxygen atoms in total. The molecule has 2 amide bonds. The van der Waals surface area contributed by atoms with Gasteiger partial charge in [-0.3, -0.25) is 14.6 Å². The average Bonchev–Trinajstić information content (AvgIpc) is 3.21. The van der Waals surface area contributed by atoms with Crippen molar-refractivity contribution in [2.24, 2.45) is 10.8 Å². The normalized spacial score (nSPS) is 18.8. The van der Waals surface area contributed by atoms with Crippen LogP contribution in [-0.2, 0) is 14.3 Å². The smallest absolute Gasteiger partial charge is 0.272 e. The van der Waals surface area contributed by atoms with Crippen LogP contribution in [-0.4, -0.2) is 49.9 Å². The maximum atomic E-state index is 13.2. The number of morpholine rings is 1. The molecule has 0 spiro atoms. The third-order valence-electron chi connectivity index (χ3n) is 5.10. The van der Waals surface area contributed by atoms with E-state index in [0.29, 0.717) is 24.6 Å². The van der Waals surface area contributed by atoms with Crippen LogP contribution in [0.5, 0.6) is 0 Å². The maximum Gasteiger partial charge on any atom is 0.272 e. The highest BCUT2D eigenvalue weighted by atomic mass is 19.1. The summed E-state index contributed by atoms with van der Waals surface area (Å²) >= 11 is 0. The molecule has 1 unspecified atom stereocenters. The van der Waals surface area contributed by atoms with Crippen LogP contribution in [0.3, 0.4) is 0 Å². The SMILES string of the molecule is NC(=O)C1CC(C(=O)Nc2ccccc2N2CCOCC2)=NN1c1ccc(F)cc1.